The van der Waals surface area contributed by atoms with Crippen LogP contribution in [0.25, 0.3) is 0 Å². The zero-order valence-corrected chi connectivity index (χ0v) is 12.3. The monoisotopic (exact) mass is 287 g/mol. The number of nitrogens with one attached hydrogen (secondary N) is 2. The molecule has 5 heteroatoms. The molecular formula is C16H18FN3O. The van der Waals surface area contributed by atoms with E-state index >= 15 is 0 Å². The normalized spacial score (nSPS) is 10.3. The van der Waals surface area contributed by atoms with Gasteiger partial charge in [0.2, 0.25) is 0 Å². The van der Waals surface area contributed by atoms with Crippen LogP contribution >= 0.6 is 0 Å². The van der Waals surface area contributed by atoms with E-state index in [9.17, 15) is 9.18 Å². The first kappa shape index (κ1) is 15.0. The smallest absolute Gasteiger partial charge is 0.255 e. The Morgan fingerprint density at radius 3 is 2.57 bits per heavy atom. The van der Waals surface area contributed by atoms with Crippen molar-refractivity contribution in [2.45, 2.75) is 20.4 Å². The summed E-state index contributed by atoms with van der Waals surface area (Å²) in [6.45, 7) is 3.78. The standard InChI is InChI=1S/C16H18FN3O/c1-10-7-12(8-11(2)14(10)17)9-20-16(21)13-5-4-6-19-15(13)18-3/h4-8H,9H2,1-3H3,(H,18,19)(H,20,21). The minimum atomic E-state index is -0.216. The van der Waals surface area contributed by atoms with Gasteiger partial charge in [0.25, 0.3) is 5.91 Å². The van der Waals surface area contributed by atoms with Gasteiger partial charge in [0, 0.05) is 19.8 Å². The molecule has 0 aliphatic heterocycles. The summed E-state index contributed by atoms with van der Waals surface area (Å²) in [7, 11) is 1.71. The molecule has 21 heavy (non-hydrogen) atoms. The van der Waals surface area contributed by atoms with Gasteiger partial charge < -0.3 is 10.6 Å². The van der Waals surface area contributed by atoms with Crippen LogP contribution in [0.3, 0.4) is 0 Å². The maximum atomic E-state index is 13.6. The van der Waals surface area contributed by atoms with Crippen molar-refractivity contribution in [3.63, 3.8) is 0 Å². The Labute approximate surface area is 123 Å². The minimum absolute atomic E-state index is 0.199. The van der Waals surface area contributed by atoms with Crippen LogP contribution in [0.1, 0.15) is 27.0 Å². The number of nitrogens with zero attached hydrogens (tertiary/aromatic N) is 1. The topological polar surface area (TPSA) is 54.0 Å². The first-order valence-corrected chi connectivity index (χ1v) is 6.69. The van der Waals surface area contributed by atoms with Crippen molar-refractivity contribution in [2.75, 3.05) is 12.4 Å². The lowest BCUT2D eigenvalue weighted by molar-refractivity contribution is 0.0951. The third kappa shape index (κ3) is 3.37. The highest BCUT2D eigenvalue weighted by Gasteiger charge is 2.11. The maximum Gasteiger partial charge on any atom is 0.255 e. The molecule has 2 rings (SSSR count). The molecule has 2 N–H and O–H groups in total. The van der Waals surface area contributed by atoms with Crippen molar-refractivity contribution < 1.29 is 9.18 Å². The van der Waals surface area contributed by atoms with E-state index in [1.165, 1.54) is 0 Å². The molecule has 0 unspecified atom stereocenters. The van der Waals surface area contributed by atoms with Crippen LogP contribution < -0.4 is 10.6 Å². The molecule has 2 aromatic rings. The number of anilines is 1. The second kappa shape index (κ2) is 6.35. The number of aromatic nitrogens is 1. The van der Waals surface area contributed by atoms with E-state index in [4.69, 9.17) is 0 Å². The van der Waals surface area contributed by atoms with E-state index in [0.29, 0.717) is 29.1 Å². The third-order valence-corrected chi connectivity index (χ3v) is 3.24. The molecule has 0 aliphatic rings. The van der Waals surface area contributed by atoms with Crippen molar-refractivity contribution in [1.82, 2.24) is 10.3 Å². The molecule has 1 amide bonds. The summed E-state index contributed by atoms with van der Waals surface area (Å²) in [5.41, 5.74) is 2.51. The Morgan fingerprint density at radius 1 is 1.29 bits per heavy atom. The molecule has 0 fully saturated rings. The maximum absolute atomic E-state index is 13.6. The fraction of sp³-hybridized carbons (Fsp3) is 0.250. The number of hydrogen-bond acceptors (Lipinski definition) is 3. The molecule has 1 heterocycles. The van der Waals surface area contributed by atoms with Crippen LogP contribution in [-0.2, 0) is 6.54 Å². The second-order valence-corrected chi connectivity index (χ2v) is 4.88. The minimum Gasteiger partial charge on any atom is -0.372 e. The largest absolute Gasteiger partial charge is 0.372 e. The van der Waals surface area contributed by atoms with Crippen molar-refractivity contribution in [3.8, 4) is 0 Å². The summed E-state index contributed by atoms with van der Waals surface area (Å²) in [6.07, 6.45) is 1.62. The van der Waals surface area contributed by atoms with Gasteiger partial charge in [0.05, 0.1) is 5.56 Å². The lowest BCUT2D eigenvalue weighted by Crippen LogP contribution is -2.24. The van der Waals surface area contributed by atoms with Gasteiger partial charge in [-0.3, -0.25) is 4.79 Å². The molecule has 0 saturated carbocycles. The summed E-state index contributed by atoms with van der Waals surface area (Å²) in [5, 5.41) is 5.70. The molecule has 0 saturated heterocycles. The van der Waals surface area contributed by atoms with Gasteiger partial charge in [-0.15, -0.1) is 0 Å². The van der Waals surface area contributed by atoms with Crippen molar-refractivity contribution in [1.29, 1.82) is 0 Å². The molecule has 4 nitrogen and oxygen atoms in total. The summed E-state index contributed by atoms with van der Waals surface area (Å²) >= 11 is 0. The molecule has 0 radical (unpaired) electrons. The number of hydrogen-bond donors (Lipinski definition) is 2. The average molecular weight is 287 g/mol. The number of carbonyl (C=O) groups is 1. The number of halogens is 1. The first-order valence-electron chi connectivity index (χ1n) is 6.69. The van der Waals surface area contributed by atoms with Crippen LogP contribution in [0.15, 0.2) is 30.5 Å². The third-order valence-electron chi connectivity index (χ3n) is 3.24. The van der Waals surface area contributed by atoms with E-state index in [-0.39, 0.29) is 11.7 Å². The van der Waals surface area contributed by atoms with E-state index in [1.54, 1.807) is 51.4 Å². The van der Waals surface area contributed by atoms with Gasteiger partial charge in [0.15, 0.2) is 0 Å². The molecule has 110 valence electrons. The number of aryl methyl sites for hydroxylation is 2. The molecular weight excluding hydrogens is 269 g/mol. The van der Waals surface area contributed by atoms with E-state index in [0.717, 1.165) is 5.56 Å². The number of carbonyl (C=O) groups excluding carboxylic acids is 1. The predicted octanol–water partition coefficient (Wildman–Crippen LogP) is 2.81. The highest BCUT2D eigenvalue weighted by atomic mass is 19.1. The highest BCUT2D eigenvalue weighted by molar-refractivity contribution is 5.98. The van der Waals surface area contributed by atoms with Crippen LogP contribution in [0.2, 0.25) is 0 Å². The molecule has 1 aromatic carbocycles. The lowest BCUT2D eigenvalue weighted by atomic mass is 10.1. The molecule has 0 spiro atoms. The first-order chi connectivity index (χ1) is 10.0. The summed E-state index contributed by atoms with van der Waals surface area (Å²) in [5.74, 6) is 0.114. The van der Waals surface area contributed by atoms with Gasteiger partial charge in [-0.05, 0) is 42.7 Å². The van der Waals surface area contributed by atoms with Gasteiger partial charge in [0.1, 0.15) is 11.6 Å². The Kier molecular flexibility index (Phi) is 4.52. The molecule has 0 bridgehead atoms. The quantitative estimate of drug-likeness (QED) is 0.909. The Morgan fingerprint density at radius 2 is 1.95 bits per heavy atom. The fourth-order valence-electron chi connectivity index (χ4n) is 2.20. The van der Waals surface area contributed by atoms with Crippen molar-refractivity contribution in [2.24, 2.45) is 0 Å². The zero-order valence-electron chi connectivity index (χ0n) is 12.3. The van der Waals surface area contributed by atoms with Gasteiger partial charge >= 0.3 is 0 Å². The van der Waals surface area contributed by atoms with Crippen molar-refractivity contribution in [3.05, 3.63) is 58.5 Å². The fourth-order valence-corrected chi connectivity index (χ4v) is 2.20. The number of amides is 1. The molecule has 1 aromatic heterocycles. The Hall–Kier alpha value is -2.43. The summed E-state index contributed by atoms with van der Waals surface area (Å²) in [6, 6.07) is 6.90. The van der Waals surface area contributed by atoms with Gasteiger partial charge in [-0.1, -0.05) is 12.1 Å². The predicted molar refractivity (Wildman–Crippen MR) is 80.8 cm³/mol. The Bertz CT molecular complexity index is 647. The summed E-state index contributed by atoms with van der Waals surface area (Å²) < 4.78 is 13.6. The van der Waals surface area contributed by atoms with E-state index < -0.39 is 0 Å². The summed E-state index contributed by atoms with van der Waals surface area (Å²) in [4.78, 5) is 16.3. The average Bonchev–Trinajstić information content (AvgIpc) is 2.50. The van der Waals surface area contributed by atoms with Gasteiger partial charge in [-0.2, -0.15) is 0 Å². The van der Waals surface area contributed by atoms with Crippen LogP contribution in [0.4, 0.5) is 10.2 Å². The Balaban J connectivity index is 2.11. The number of pyridine rings is 1. The van der Waals surface area contributed by atoms with Gasteiger partial charge in [-0.25, -0.2) is 9.37 Å². The van der Waals surface area contributed by atoms with Crippen LogP contribution in [-0.4, -0.2) is 17.9 Å². The molecule has 0 aliphatic carbocycles. The van der Waals surface area contributed by atoms with Crippen LogP contribution in [0.5, 0.6) is 0 Å². The lowest BCUT2D eigenvalue weighted by Gasteiger charge is -2.10. The SMILES string of the molecule is CNc1ncccc1C(=O)NCc1cc(C)c(F)c(C)c1. The van der Waals surface area contributed by atoms with Crippen LogP contribution in [0, 0.1) is 19.7 Å². The van der Waals surface area contributed by atoms with Crippen molar-refractivity contribution >= 4 is 11.7 Å². The van der Waals surface area contributed by atoms with E-state index in [2.05, 4.69) is 15.6 Å². The zero-order chi connectivity index (χ0) is 15.4. The highest BCUT2D eigenvalue weighted by Crippen LogP contribution is 2.15. The number of benzene rings is 1. The number of rotatable bonds is 4. The van der Waals surface area contributed by atoms with E-state index in [1.807, 2.05) is 0 Å². The molecule has 0 atom stereocenters. The second-order valence-electron chi connectivity index (χ2n) is 4.88.